The van der Waals surface area contributed by atoms with Crippen LogP contribution in [0.3, 0.4) is 0 Å². The molecule has 2 aromatic heterocycles. The van der Waals surface area contributed by atoms with Gasteiger partial charge in [0.1, 0.15) is 5.01 Å². The van der Waals surface area contributed by atoms with E-state index < -0.39 is 0 Å². The molecule has 0 amide bonds. The molecule has 0 aliphatic heterocycles. The van der Waals surface area contributed by atoms with Crippen molar-refractivity contribution in [3.8, 4) is 10.6 Å². The summed E-state index contributed by atoms with van der Waals surface area (Å²) in [6.45, 7) is 0. The van der Waals surface area contributed by atoms with Gasteiger partial charge in [-0.3, -0.25) is 5.10 Å². The number of aromatic amines is 1. The lowest BCUT2D eigenvalue weighted by molar-refractivity contribution is 1.12. The van der Waals surface area contributed by atoms with Crippen molar-refractivity contribution < 1.29 is 0 Å². The highest BCUT2D eigenvalue weighted by Crippen LogP contribution is 2.24. The second-order valence-electron chi connectivity index (χ2n) is 2.96. The quantitative estimate of drug-likeness (QED) is 0.655. The average Bonchev–Trinajstić information content (AvgIpc) is 2.88. The number of thiazole rings is 1. The zero-order valence-corrected chi connectivity index (χ0v) is 8.01. The Kier molecular flexibility index (Phi) is 1.61. The SMILES string of the molecule is [c]1cnc(-c2ccc3[nH]ncc3c2)s1. The van der Waals surface area contributed by atoms with Crippen LogP contribution in [-0.4, -0.2) is 15.2 Å². The molecule has 4 heteroatoms. The molecule has 14 heavy (non-hydrogen) atoms. The Hall–Kier alpha value is -1.68. The van der Waals surface area contributed by atoms with Gasteiger partial charge >= 0.3 is 0 Å². The van der Waals surface area contributed by atoms with E-state index in [0.717, 1.165) is 21.5 Å². The third-order valence-electron chi connectivity index (χ3n) is 2.08. The molecule has 0 spiro atoms. The fraction of sp³-hybridized carbons (Fsp3) is 0. The molecule has 3 rings (SSSR count). The second kappa shape index (κ2) is 2.92. The van der Waals surface area contributed by atoms with Crippen LogP contribution in [0.15, 0.2) is 30.6 Å². The highest BCUT2D eigenvalue weighted by atomic mass is 32.1. The summed E-state index contributed by atoms with van der Waals surface area (Å²) in [5.41, 5.74) is 2.17. The van der Waals surface area contributed by atoms with Gasteiger partial charge in [0.25, 0.3) is 0 Å². The maximum absolute atomic E-state index is 4.21. The Bertz CT molecular complexity index is 554. The monoisotopic (exact) mass is 200 g/mol. The summed E-state index contributed by atoms with van der Waals surface area (Å²) in [6.07, 6.45) is 3.51. The Balaban J connectivity index is 2.23. The Morgan fingerprint density at radius 2 is 2.36 bits per heavy atom. The van der Waals surface area contributed by atoms with Crippen molar-refractivity contribution in [3.63, 3.8) is 0 Å². The van der Waals surface area contributed by atoms with Crippen LogP contribution in [-0.2, 0) is 0 Å². The first kappa shape index (κ1) is 7.70. The first-order chi connectivity index (χ1) is 6.93. The fourth-order valence-electron chi connectivity index (χ4n) is 1.40. The summed E-state index contributed by atoms with van der Waals surface area (Å²) in [6, 6.07) is 6.12. The molecule has 0 aliphatic carbocycles. The minimum absolute atomic E-state index is 0.994. The van der Waals surface area contributed by atoms with Crippen molar-refractivity contribution in [3.05, 3.63) is 36.0 Å². The Morgan fingerprint density at radius 1 is 1.36 bits per heavy atom. The van der Waals surface area contributed by atoms with Gasteiger partial charge in [-0.15, -0.1) is 11.3 Å². The van der Waals surface area contributed by atoms with Crippen LogP contribution in [0.25, 0.3) is 21.5 Å². The minimum Gasteiger partial charge on any atom is -0.278 e. The summed E-state index contributed by atoms with van der Waals surface area (Å²) >= 11 is 1.52. The van der Waals surface area contributed by atoms with Crippen LogP contribution in [0.2, 0.25) is 0 Å². The van der Waals surface area contributed by atoms with E-state index >= 15 is 0 Å². The number of rotatable bonds is 1. The van der Waals surface area contributed by atoms with Gasteiger partial charge in [-0.25, -0.2) is 4.98 Å². The lowest BCUT2D eigenvalue weighted by Crippen LogP contribution is -1.75. The van der Waals surface area contributed by atoms with E-state index in [1.807, 2.05) is 18.3 Å². The third kappa shape index (κ3) is 1.12. The molecular formula is C10H6N3S. The molecule has 3 nitrogen and oxygen atoms in total. The molecule has 0 saturated heterocycles. The summed E-state index contributed by atoms with van der Waals surface area (Å²) in [5, 5.41) is 12.0. The number of fused-ring (bicyclic) bond motifs is 1. The predicted octanol–water partition coefficient (Wildman–Crippen LogP) is 2.49. The molecule has 0 atom stereocenters. The first-order valence-corrected chi connectivity index (χ1v) is 5.00. The number of H-pyrrole nitrogens is 1. The maximum atomic E-state index is 4.21. The van der Waals surface area contributed by atoms with Crippen molar-refractivity contribution >= 4 is 22.2 Å². The van der Waals surface area contributed by atoms with Gasteiger partial charge in [0, 0.05) is 17.1 Å². The molecule has 0 aliphatic rings. The number of nitrogens with zero attached hydrogens (tertiary/aromatic N) is 2. The van der Waals surface area contributed by atoms with Crippen LogP contribution in [0.5, 0.6) is 0 Å². The topological polar surface area (TPSA) is 41.6 Å². The van der Waals surface area contributed by atoms with E-state index in [-0.39, 0.29) is 0 Å². The van der Waals surface area contributed by atoms with E-state index in [9.17, 15) is 0 Å². The largest absolute Gasteiger partial charge is 0.278 e. The van der Waals surface area contributed by atoms with Crippen molar-refractivity contribution in [2.45, 2.75) is 0 Å². The number of hydrogen-bond acceptors (Lipinski definition) is 3. The van der Waals surface area contributed by atoms with Crippen molar-refractivity contribution in [2.24, 2.45) is 0 Å². The first-order valence-electron chi connectivity index (χ1n) is 4.19. The summed E-state index contributed by atoms with van der Waals surface area (Å²) < 4.78 is 0. The molecule has 1 N–H and O–H groups in total. The molecular weight excluding hydrogens is 194 g/mol. The number of benzene rings is 1. The zero-order chi connectivity index (χ0) is 9.38. The summed E-state index contributed by atoms with van der Waals surface area (Å²) in [5.74, 6) is 0. The van der Waals surface area contributed by atoms with Crippen LogP contribution < -0.4 is 0 Å². The molecule has 1 aromatic carbocycles. The number of nitrogens with one attached hydrogen (secondary N) is 1. The third-order valence-corrected chi connectivity index (χ3v) is 2.83. The fourth-order valence-corrected chi connectivity index (χ4v) is 1.97. The number of aromatic nitrogens is 3. The van der Waals surface area contributed by atoms with Gasteiger partial charge in [-0.05, 0) is 18.2 Å². The molecule has 0 fully saturated rings. The van der Waals surface area contributed by atoms with E-state index in [4.69, 9.17) is 0 Å². The molecule has 0 unspecified atom stereocenters. The van der Waals surface area contributed by atoms with Gasteiger partial charge in [0.2, 0.25) is 0 Å². The normalized spacial score (nSPS) is 10.9. The van der Waals surface area contributed by atoms with E-state index in [2.05, 4.69) is 26.6 Å². The second-order valence-corrected chi connectivity index (χ2v) is 3.78. The lowest BCUT2D eigenvalue weighted by atomic mass is 10.2. The molecule has 0 bridgehead atoms. The van der Waals surface area contributed by atoms with E-state index in [1.165, 1.54) is 11.3 Å². The van der Waals surface area contributed by atoms with Crippen molar-refractivity contribution in [1.82, 2.24) is 15.2 Å². The van der Waals surface area contributed by atoms with Crippen molar-refractivity contribution in [1.29, 1.82) is 0 Å². The average molecular weight is 200 g/mol. The highest BCUT2D eigenvalue weighted by molar-refractivity contribution is 7.12. The number of hydrogen-bond donors (Lipinski definition) is 1. The molecule has 0 saturated carbocycles. The van der Waals surface area contributed by atoms with Crippen molar-refractivity contribution in [2.75, 3.05) is 0 Å². The Labute approximate surface area is 84.4 Å². The van der Waals surface area contributed by atoms with E-state index in [1.54, 1.807) is 6.20 Å². The van der Waals surface area contributed by atoms with E-state index in [0.29, 0.717) is 0 Å². The molecule has 3 aromatic rings. The van der Waals surface area contributed by atoms with Gasteiger partial charge in [-0.1, -0.05) is 0 Å². The summed E-state index contributed by atoms with van der Waals surface area (Å²) in [4.78, 5) is 4.21. The lowest BCUT2D eigenvalue weighted by Gasteiger charge is -1.95. The minimum atomic E-state index is 0.994. The smallest absolute Gasteiger partial charge is 0.123 e. The highest BCUT2D eigenvalue weighted by Gasteiger charge is 2.02. The van der Waals surface area contributed by atoms with Gasteiger partial charge in [-0.2, -0.15) is 5.10 Å². The van der Waals surface area contributed by atoms with Crippen LogP contribution in [0.4, 0.5) is 0 Å². The molecule has 67 valence electrons. The van der Waals surface area contributed by atoms with Crippen LogP contribution >= 0.6 is 11.3 Å². The summed E-state index contributed by atoms with van der Waals surface area (Å²) in [7, 11) is 0. The van der Waals surface area contributed by atoms with Crippen LogP contribution in [0, 0.1) is 5.38 Å². The maximum Gasteiger partial charge on any atom is 0.123 e. The van der Waals surface area contributed by atoms with Crippen LogP contribution in [0.1, 0.15) is 0 Å². The van der Waals surface area contributed by atoms with Gasteiger partial charge < -0.3 is 0 Å². The Morgan fingerprint density at radius 3 is 3.21 bits per heavy atom. The standard InChI is InChI=1S/C10H6N3S/c1-2-9-8(6-12-13-9)5-7(1)10-11-3-4-14-10/h1-3,5-6H,(H,12,13). The zero-order valence-electron chi connectivity index (χ0n) is 7.19. The van der Waals surface area contributed by atoms with Gasteiger partial charge in [0.05, 0.1) is 17.1 Å². The molecule has 1 radical (unpaired) electrons. The molecule has 2 heterocycles. The predicted molar refractivity (Wildman–Crippen MR) is 56.0 cm³/mol. The van der Waals surface area contributed by atoms with Gasteiger partial charge in [0.15, 0.2) is 0 Å².